The molecule has 0 aliphatic rings. The quantitative estimate of drug-likeness (QED) is 0.738. The van der Waals surface area contributed by atoms with Gasteiger partial charge in [-0.1, -0.05) is 0 Å². The summed E-state index contributed by atoms with van der Waals surface area (Å²) < 4.78 is 0. The summed E-state index contributed by atoms with van der Waals surface area (Å²) in [7, 11) is 3.63. The van der Waals surface area contributed by atoms with Crippen molar-refractivity contribution in [2.75, 3.05) is 14.1 Å². The number of carboxylic acids is 1. The molecule has 1 rings (SSSR count). The Morgan fingerprint density at radius 2 is 2.21 bits per heavy atom. The molecular formula is C9H12N2O3. The molecular weight excluding hydrogens is 184 g/mol. The molecule has 0 spiro atoms. The van der Waals surface area contributed by atoms with Gasteiger partial charge in [0.1, 0.15) is 5.56 Å². The molecule has 0 atom stereocenters. The first-order valence-electron chi connectivity index (χ1n) is 4.07. The Hall–Kier alpha value is -1.62. The number of nitrogens with zero attached hydrogens (tertiary/aromatic N) is 2. The largest absolute Gasteiger partial charge is 0.505 e. The number of rotatable bonds is 3. The van der Waals surface area contributed by atoms with Gasteiger partial charge in [0.15, 0.2) is 5.75 Å². The number of hydrogen-bond donors (Lipinski definition) is 2. The van der Waals surface area contributed by atoms with Crippen LogP contribution in [0.5, 0.6) is 5.75 Å². The Labute approximate surface area is 81.6 Å². The van der Waals surface area contributed by atoms with E-state index in [-0.39, 0.29) is 11.3 Å². The molecule has 5 heteroatoms. The van der Waals surface area contributed by atoms with Crippen molar-refractivity contribution in [1.82, 2.24) is 9.88 Å². The fraction of sp³-hybridized carbons (Fsp3) is 0.333. The van der Waals surface area contributed by atoms with Crippen molar-refractivity contribution in [3.05, 3.63) is 23.5 Å². The Balaban J connectivity index is 3.07. The molecule has 0 aliphatic heterocycles. The van der Waals surface area contributed by atoms with Gasteiger partial charge in [-0.15, -0.1) is 0 Å². The molecule has 1 aromatic rings. The van der Waals surface area contributed by atoms with Crippen molar-refractivity contribution in [1.29, 1.82) is 0 Å². The summed E-state index contributed by atoms with van der Waals surface area (Å²) in [5.41, 5.74) is 0.256. The van der Waals surface area contributed by atoms with Crippen LogP contribution in [0.25, 0.3) is 0 Å². The van der Waals surface area contributed by atoms with Gasteiger partial charge in [-0.3, -0.25) is 4.98 Å². The lowest BCUT2D eigenvalue weighted by molar-refractivity contribution is 0.0693. The summed E-state index contributed by atoms with van der Waals surface area (Å²) in [4.78, 5) is 16.4. The average molecular weight is 196 g/mol. The molecule has 0 unspecified atom stereocenters. The van der Waals surface area contributed by atoms with Gasteiger partial charge in [-0.05, 0) is 20.2 Å². The summed E-state index contributed by atoms with van der Waals surface area (Å²) in [6.45, 7) is 0.410. The molecule has 0 amide bonds. The standard InChI is InChI=1S/C9H12N2O3/c1-11(2)5-7-8(12)6(9(13)14)3-4-10-7/h3-4,12H,5H2,1-2H3,(H,13,14). The summed E-state index contributed by atoms with van der Waals surface area (Å²) >= 11 is 0. The SMILES string of the molecule is CN(C)Cc1nccc(C(=O)O)c1O. The van der Waals surface area contributed by atoms with Crippen molar-refractivity contribution >= 4 is 5.97 Å². The van der Waals surface area contributed by atoms with Gasteiger partial charge in [-0.2, -0.15) is 0 Å². The molecule has 0 bridgehead atoms. The van der Waals surface area contributed by atoms with Crippen LogP contribution < -0.4 is 0 Å². The van der Waals surface area contributed by atoms with E-state index in [0.29, 0.717) is 12.2 Å². The van der Waals surface area contributed by atoms with Crippen molar-refractivity contribution < 1.29 is 15.0 Å². The van der Waals surface area contributed by atoms with Crippen LogP contribution in [0, 0.1) is 0 Å². The van der Waals surface area contributed by atoms with E-state index in [1.54, 1.807) is 4.90 Å². The van der Waals surface area contributed by atoms with E-state index in [1.165, 1.54) is 12.3 Å². The molecule has 5 nitrogen and oxygen atoms in total. The average Bonchev–Trinajstić information content (AvgIpc) is 2.07. The third-order valence-corrected chi connectivity index (χ3v) is 1.70. The maximum Gasteiger partial charge on any atom is 0.339 e. The van der Waals surface area contributed by atoms with E-state index in [0.717, 1.165) is 0 Å². The van der Waals surface area contributed by atoms with E-state index >= 15 is 0 Å². The first-order valence-corrected chi connectivity index (χ1v) is 4.07. The van der Waals surface area contributed by atoms with Gasteiger partial charge in [0.2, 0.25) is 0 Å². The van der Waals surface area contributed by atoms with E-state index in [9.17, 15) is 9.90 Å². The van der Waals surface area contributed by atoms with Gasteiger partial charge in [0.05, 0.1) is 5.69 Å². The highest BCUT2D eigenvalue weighted by Gasteiger charge is 2.13. The van der Waals surface area contributed by atoms with Gasteiger partial charge in [-0.25, -0.2) is 4.79 Å². The number of aromatic nitrogens is 1. The number of aromatic hydroxyl groups is 1. The second-order valence-electron chi connectivity index (χ2n) is 3.20. The summed E-state index contributed by atoms with van der Waals surface area (Å²) in [5.74, 6) is -1.40. The number of pyridine rings is 1. The molecule has 0 aliphatic carbocycles. The fourth-order valence-electron chi connectivity index (χ4n) is 1.09. The Bertz CT molecular complexity index is 350. The molecule has 0 saturated carbocycles. The lowest BCUT2D eigenvalue weighted by atomic mass is 10.2. The third-order valence-electron chi connectivity index (χ3n) is 1.70. The van der Waals surface area contributed by atoms with E-state index in [2.05, 4.69) is 4.98 Å². The lowest BCUT2D eigenvalue weighted by Gasteiger charge is -2.10. The summed E-state index contributed by atoms with van der Waals surface area (Å²) in [5, 5.41) is 18.3. The number of carbonyl (C=O) groups is 1. The van der Waals surface area contributed by atoms with Crippen LogP contribution in [0.15, 0.2) is 12.3 Å². The minimum absolute atomic E-state index is 0.114. The third kappa shape index (κ3) is 2.20. The maximum atomic E-state index is 10.7. The normalized spacial score (nSPS) is 10.5. The highest BCUT2D eigenvalue weighted by Crippen LogP contribution is 2.20. The zero-order chi connectivity index (χ0) is 10.7. The Morgan fingerprint density at radius 1 is 1.57 bits per heavy atom. The summed E-state index contributed by atoms with van der Waals surface area (Å²) in [6, 6.07) is 1.27. The number of hydrogen-bond acceptors (Lipinski definition) is 4. The van der Waals surface area contributed by atoms with Crippen LogP contribution in [0.3, 0.4) is 0 Å². The van der Waals surface area contributed by atoms with Gasteiger partial charge >= 0.3 is 5.97 Å². The number of aromatic carboxylic acids is 1. The smallest absolute Gasteiger partial charge is 0.339 e. The Morgan fingerprint density at radius 3 is 2.71 bits per heavy atom. The molecule has 2 N–H and O–H groups in total. The second kappa shape index (κ2) is 4.06. The Kier molecular flexibility index (Phi) is 3.03. The fourth-order valence-corrected chi connectivity index (χ4v) is 1.09. The zero-order valence-corrected chi connectivity index (χ0v) is 8.06. The molecule has 14 heavy (non-hydrogen) atoms. The minimum Gasteiger partial charge on any atom is -0.505 e. The molecule has 1 aromatic heterocycles. The lowest BCUT2D eigenvalue weighted by Crippen LogP contribution is -2.13. The van der Waals surface area contributed by atoms with E-state index in [1.807, 2.05) is 14.1 Å². The maximum absolute atomic E-state index is 10.7. The molecule has 76 valence electrons. The van der Waals surface area contributed by atoms with Crippen LogP contribution in [-0.4, -0.2) is 40.2 Å². The van der Waals surface area contributed by atoms with Crippen LogP contribution >= 0.6 is 0 Å². The second-order valence-corrected chi connectivity index (χ2v) is 3.20. The molecule has 0 radical (unpaired) electrons. The van der Waals surface area contributed by atoms with E-state index in [4.69, 9.17) is 5.11 Å². The number of carboxylic acid groups (broad SMARTS) is 1. The summed E-state index contributed by atoms with van der Waals surface area (Å²) in [6.07, 6.45) is 1.38. The predicted octanol–water partition coefficient (Wildman–Crippen LogP) is 0.547. The van der Waals surface area contributed by atoms with Crippen LogP contribution in [0.2, 0.25) is 0 Å². The van der Waals surface area contributed by atoms with Crippen LogP contribution in [0.4, 0.5) is 0 Å². The first-order chi connectivity index (χ1) is 6.52. The van der Waals surface area contributed by atoms with Crippen molar-refractivity contribution in [2.45, 2.75) is 6.54 Å². The predicted molar refractivity (Wildman–Crippen MR) is 50.3 cm³/mol. The topological polar surface area (TPSA) is 73.7 Å². The van der Waals surface area contributed by atoms with Crippen molar-refractivity contribution in [3.8, 4) is 5.75 Å². The van der Waals surface area contributed by atoms with E-state index < -0.39 is 5.97 Å². The molecule has 0 aromatic carbocycles. The van der Waals surface area contributed by atoms with Gasteiger partial charge in [0, 0.05) is 12.7 Å². The highest BCUT2D eigenvalue weighted by atomic mass is 16.4. The van der Waals surface area contributed by atoms with Crippen molar-refractivity contribution in [3.63, 3.8) is 0 Å². The monoisotopic (exact) mass is 196 g/mol. The molecule has 0 saturated heterocycles. The minimum atomic E-state index is -1.15. The van der Waals surface area contributed by atoms with Gasteiger partial charge < -0.3 is 15.1 Å². The molecule has 1 heterocycles. The first kappa shape index (κ1) is 10.5. The van der Waals surface area contributed by atoms with Gasteiger partial charge in [0.25, 0.3) is 0 Å². The highest BCUT2D eigenvalue weighted by molar-refractivity contribution is 5.90. The van der Waals surface area contributed by atoms with Crippen LogP contribution in [0.1, 0.15) is 16.1 Å². The molecule has 0 fully saturated rings. The van der Waals surface area contributed by atoms with Crippen molar-refractivity contribution in [2.24, 2.45) is 0 Å². The zero-order valence-electron chi connectivity index (χ0n) is 8.06. The van der Waals surface area contributed by atoms with Crippen LogP contribution in [-0.2, 0) is 6.54 Å².